The van der Waals surface area contributed by atoms with Gasteiger partial charge in [0.2, 0.25) is 5.91 Å². The van der Waals surface area contributed by atoms with Gasteiger partial charge in [0.1, 0.15) is 5.82 Å². The van der Waals surface area contributed by atoms with E-state index < -0.39 is 0 Å². The van der Waals surface area contributed by atoms with Gasteiger partial charge in [0.25, 0.3) is 0 Å². The molecule has 4 heteroatoms. The van der Waals surface area contributed by atoms with Crippen molar-refractivity contribution >= 4 is 11.7 Å². The number of Topliss-reactive ketones (excluding diaryl/α,β-unsaturated/α-hetero) is 1. The predicted molar refractivity (Wildman–Crippen MR) is 67.9 cm³/mol. The molecule has 0 aliphatic heterocycles. The van der Waals surface area contributed by atoms with Crippen LogP contribution in [0, 0.1) is 18.7 Å². The molecule has 0 saturated carbocycles. The van der Waals surface area contributed by atoms with E-state index >= 15 is 0 Å². The van der Waals surface area contributed by atoms with Crippen molar-refractivity contribution in [1.29, 1.82) is 0 Å². The van der Waals surface area contributed by atoms with E-state index in [9.17, 15) is 14.0 Å². The Morgan fingerprint density at radius 2 is 2.00 bits per heavy atom. The number of amides is 1. The zero-order valence-corrected chi connectivity index (χ0v) is 10.9. The highest BCUT2D eigenvalue weighted by Gasteiger charge is 2.10. The van der Waals surface area contributed by atoms with Crippen molar-refractivity contribution in [3.05, 3.63) is 35.1 Å². The molecule has 0 heterocycles. The fourth-order valence-corrected chi connectivity index (χ4v) is 1.54. The van der Waals surface area contributed by atoms with Gasteiger partial charge in [0.05, 0.1) is 6.54 Å². The third-order valence-corrected chi connectivity index (χ3v) is 2.52. The molecule has 0 radical (unpaired) electrons. The minimum atomic E-state index is -0.338. The van der Waals surface area contributed by atoms with E-state index in [1.54, 1.807) is 6.92 Å². The monoisotopic (exact) mass is 251 g/mol. The highest BCUT2D eigenvalue weighted by Crippen LogP contribution is 2.09. The summed E-state index contributed by atoms with van der Waals surface area (Å²) in [4.78, 5) is 23.1. The second kappa shape index (κ2) is 6.28. The van der Waals surface area contributed by atoms with Crippen molar-refractivity contribution in [3.8, 4) is 0 Å². The maximum atomic E-state index is 13.0. The standard InChI is InChI=1S/C14H18FNO2/c1-9(2)6-14(18)16-8-13(17)11-4-5-12(15)10(3)7-11/h4-5,7,9H,6,8H2,1-3H3,(H,16,18). The van der Waals surface area contributed by atoms with E-state index in [0.29, 0.717) is 17.5 Å². The van der Waals surface area contributed by atoms with Crippen LogP contribution in [-0.2, 0) is 4.79 Å². The fraction of sp³-hybridized carbons (Fsp3) is 0.429. The van der Waals surface area contributed by atoms with Crippen LogP contribution in [-0.4, -0.2) is 18.2 Å². The second-order valence-corrected chi connectivity index (χ2v) is 4.76. The van der Waals surface area contributed by atoms with Crippen LogP contribution in [0.5, 0.6) is 0 Å². The maximum absolute atomic E-state index is 13.0. The van der Waals surface area contributed by atoms with Crippen molar-refractivity contribution in [2.75, 3.05) is 6.54 Å². The third-order valence-electron chi connectivity index (χ3n) is 2.52. The third kappa shape index (κ3) is 4.28. The summed E-state index contributed by atoms with van der Waals surface area (Å²) in [7, 11) is 0. The van der Waals surface area contributed by atoms with E-state index in [0.717, 1.165) is 0 Å². The predicted octanol–water partition coefficient (Wildman–Crippen LogP) is 2.48. The number of carbonyl (C=O) groups is 2. The van der Waals surface area contributed by atoms with E-state index in [2.05, 4.69) is 5.32 Å². The van der Waals surface area contributed by atoms with Gasteiger partial charge >= 0.3 is 0 Å². The molecule has 1 rings (SSSR count). The molecule has 1 aromatic rings. The van der Waals surface area contributed by atoms with E-state index in [-0.39, 0.29) is 30.0 Å². The lowest BCUT2D eigenvalue weighted by Crippen LogP contribution is -2.30. The fourth-order valence-electron chi connectivity index (χ4n) is 1.54. The van der Waals surface area contributed by atoms with Crippen LogP contribution in [0.2, 0.25) is 0 Å². The SMILES string of the molecule is Cc1cc(C(=O)CNC(=O)CC(C)C)ccc1F. The summed E-state index contributed by atoms with van der Waals surface area (Å²) < 4.78 is 13.0. The first-order valence-corrected chi connectivity index (χ1v) is 5.96. The van der Waals surface area contributed by atoms with Gasteiger partial charge in [-0.3, -0.25) is 9.59 Å². The molecule has 98 valence electrons. The Morgan fingerprint density at radius 1 is 1.33 bits per heavy atom. The van der Waals surface area contributed by atoms with Gasteiger partial charge < -0.3 is 5.32 Å². The summed E-state index contributed by atoms with van der Waals surface area (Å²) >= 11 is 0. The molecule has 1 amide bonds. The molecular formula is C14H18FNO2. The molecule has 3 nitrogen and oxygen atoms in total. The van der Waals surface area contributed by atoms with E-state index in [1.807, 2.05) is 13.8 Å². The number of carbonyl (C=O) groups excluding carboxylic acids is 2. The number of hydrogen-bond acceptors (Lipinski definition) is 2. The van der Waals surface area contributed by atoms with Gasteiger partial charge in [-0.15, -0.1) is 0 Å². The summed E-state index contributed by atoms with van der Waals surface area (Å²) in [6, 6.07) is 4.18. The van der Waals surface area contributed by atoms with Crippen LogP contribution < -0.4 is 5.32 Å². The Morgan fingerprint density at radius 3 is 2.56 bits per heavy atom. The summed E-state index contributed by atoms with van der Waals surface area (Å²) in [6.07, 6.45) is 0.399. The second-order valence-electron chi connectivity index (χ2n) is 4.76. The number of ketones is 1. The van der Waals surface area contributed by atoms with Crippen LogP contribution in [0.4, 0.5) is 4.39 Å². The van der Waals surface area contributed by atoms with Crippen LogP contribution in [0.15, 0.2) is 18.2 Å². The first-order valence-electron chi connectivity index (χ1n) is 5.96. The van der Waals surface area contributed by atoms with E-state index in [1.165, 1.54) is 18.2 Å². The minimum absolute atomic E-state index is 0.0450. The Labute approximate surface area is 106 Å². The van der Waals surface area contributed by atoms with Gasteiger partial charge in [-0.2, -0.15) is 0 Å². The number of nitrogens with one attached hydrogen (secondary N) is 1. The van der Waals surface area contributed by atoms with Gasteiger partial charge in [-0.05, 0) is 36.6 Å². The van der Waals surface area contributed by atoms with E-state index in [4.69, 9.17) is 0 Å². The van der Waals surface area contributed by atoms with Crippen LogP contribution >= 0.6 is 0 Å². The van der Waals surface area contributed by atoms with Crippen LogP contribution in [0.3, 0.4) is 0 Å². The van der Waals surface area contributed by atoms with Crippen molar-refractivity contribution in [2.24, 2.45) is 5.92 Å². The Kier molecular flexibility index (Phi) is 5.01. The molecule has 0 atom stereocenters. The smallest absolute Gasteiger partial charge is 0.220 e. The lowest BCUT2D eigenvalue weighted by atomic mass is 10.1. The topological polar surface area (TPSA) is 46.2 Å². The number of benzene rings is 1. The highest BCUT2D eigenvalue weighted by atomic mass is 19.1. The lowest BCUT2D eigenvalue weighted by Gasteiger charge is -2.07. The van der Waals surface area contributed by atoms with Crippen LogP contribution in [0.1, 0.15) is 36.2 Å². The summed E-state index contributed by atoms with van der Waals surface area (Å²) in [5.74, 6) is -0.434. The molecule has 1 aromatic carbocycles. The molecule has 0 bridgehead atoms. The Bertz CT molecular complexity index is 455. The number of halogens is 1. The molecule has 0 aliphatic rings. The molecule has 0 aliphatic carbocycles. The zero-order chi connectivity index (χ0) is 13.7. The average molecular weight is 251 g/mol. The van der Waals surface area contributed by atoms with Gasteiger partial charge in [0.15, 0.2) is 5.78 Å². The van der Waals surface area contributed by atoms with Crippen molar-refractivity contribution in [2.45, 2.75) is 27.2 Å². The van der Waals surface area contributed by atoms with Crippen LogP contribution in [0.25, 0.3) is 0 Å². The maximum Gasteiger partial charge on any atom is 0.220 e. The van der Waals surface area contributed by atoms with Gasteiger partial charge in [-0.25, -0.2) is 4.39 Å². The molecule has 1 N–H and O–H groups in total. The zero-order valence-electron chi connectivity index (χ0n) is 10.9. The summed E-state index contributed by atoms with van der Waals surface area (Å²) in [5.41, 5.74) is 0.841. The number of aryl methyl sites for hydroxylation is 1. The molecule has 0 aromatic heterocycles. The Hall–Kier alpha value is -1.71. The largest absolute Gasteiger partial charge is 0.349 e. The molecule has 0 unspecified atom stereocenters. The van der Waals surface area contributed by atoms with Gasteiger partial charge in [-0.1, -0.05) is 13.8 Å². The summed E-state index contributed by atoms with van der Waals surface area (Å²) in [5, 5.41) is 2.56. The molecule has 0 fully saturated rings. The van der Waals surface area contributed by atoms with Crippen molar-refractivity contribution in [3.63, 3.8) is 0 Å². The lowest BCUT2D eigenvalue weighted by molar-refractivity contribution is -0.121. The molecule has 0 saturated heterocycles. The molecule has 0 spiro atoms. The minimum Gasteiger partial charge on any atom is -0.349 e. The summed E-state index contributed by atoms with van der Waals surface area (Å²) in [6.45, 7) is 5.43. The molecule has 18 heavy (non-hydrogen) atoms. The van der Waals surface area contributed by atoms with Crippen molar-refractivity contribution < 1.29 is 14.0 Å². The first-order chi connectivity index (χ1) is 8.40. The molecular weight excluding hydrogens is 233 g/mol. The highest BCUT2D eigenvalue weighted by molar-refractivity contribution is 5.99. The number of hydrogen-bond donors (Lipinski definition) is 1. The first kappa shape index (κ1) is 14.4. The average Bonchev–Trinajstić information content (AvgIpc) is 2.28. The quantitative estimate of drug-likeness (QED) is 0.817. The number of rotatable bonds is 5. The van der Waals surface area contributed by atoms with Gasteiger partial charge in [0, 0.05) is 12.0 Å². The Balaban J connectivity index is 2.55. The normalized spacial score (nSPS) is 10.5. The van der Waals surface area contributed by atoms with Crippen molar-refractivity contribution in [1.82, 2.24) is 5.32 Å².